The number of carbonyl (C=O) groups is 1. The second kappa shape index (κ2) is 4.94. The van der Waals surface area contributed by atoms with Gasteiger partial charge in [-0.25, -0.2) is 0 Å². The molecule has 0 aliphatic carbocycles. The topological polar surface area (TPSA) is 66.6 Å². The Balaban J connectivity index is 2.65. The quantitative estimate of drug-likeness (QED) is 0.732. The van der Waals surface area contributed by atoms with Gasteiger partial charge in [-0.3, -0.25) is 9.69 Å². The Morgan fingerprint density at radius 1 is 1.53 bits per heavy atom. The third kappa shape index (κ3) is 2.69. The highest BCUT2D eigenvalue weighted by Crippen LogP contribution is 2.25. The predicted molar refractivity (Wildman–Crippen MR) is 59.6 cm³/mol. The van der Waals surface area contributed by atoms with E-state index in [-0.39, 0.29) is 6.04 Å². The van der Waals surface area contributed by atoms with Crippen LogP contribution in [0.4, 0.5) is 0 Å². The fraction of sp³-hybridized carbons (Fsp3) is 0.909. The molecule has 3 N–H and O–H groups in total. The molecule has 0 radical (unpaired) electrons. The van der Waals surface area contributed by atoms with Gasteiger partial charge in [0.25, 0.3) is 0 Å². The fourth-order valence-corrected chi connectivity index (χ4v) is 2.35. The summed E-state index contributed by atoms with van der Waals surface area (Å²) in [7, 11) is 0. The van der Waals surface area contributed by atoms with Gasteiger partial charge < -0.3 is 10.8 Å². The Kier molecular flexibility index (Phi) is 4.11. The van der Waals surface area contributed by atoms with Crippen LogP contribution in [0.1, 0.15) is 33.6 Å². The zero-order valence-corrected chi connectivity index (χ0v) is 9.81. The molecule has 0 aromatic heterocycles. The van der Waals surface area contributed by atoms with E-state index in [1.807, 2.05) is 6.92 Å². The molecule has 4 unspecified atom stereocenters. The van der Waals surface area contributed by atoms with Crippen LogP contribution in [0, 0.1) is 5.92 Å². The first-order chi connectivity index (χ1) is 6.95. The molecule has 0 amide bonds. The molecule has 0 spiro atoms. The van der Waals surface area contributed by atoms with Crippen LogP contribution in [0.15, 0.2) is 0 Å². The lowest BCUT2D eigenvalue weighted by Crippen LogP contribution is -2.56. The molecule has 1 aliphatic heterocycles. The Bertz CT molecular complexity index is 233. The summed E-state index contributed by atoms with van der Waals surface area (Å²) in [6.07, 6.45) is 2.37. The van der Waals surface area contributed by atoms with E-state index in [9.17, 15) is 4.79 Å². The van der Waals surface area contributed by atoms with E-state index < -0.39 is 12.0 Å². The van der Waals surface area contributed by atoms with Gasteiger partial charge in [-0.1, -0.05) is 6.92 Å². The minimum atomic E-state index is -0.909. The number of nitrogens with zero attached hydrogens (tertiary/aromatic N) is 1. The molecule has 0 aromatic rings. The van der Waals surface area contributed by atoms with E-state index in [0.29, 0.717) is 12.0 Å². The monoisotopic (exact) mass is 214 g/mol. The molecule has 1 heterocycles. The number of hydrogen-bond acceptors (Lipinski definition) is 3. The Morgan fingerprint density at radius 3 is 2.67 bits per heavy atom. The lowest BCUT2D eigenvalue weighted by atomic mass is 9.90. The Morgan fingerprint density at radius 2 is 2.13 bits per heavy atom. The summed E-state index contributed by atoms with van der Waals surface area (Å²) in [5.74, 6) is -0.282. The van der Waals surface area contributed by atoms with Crippen molar-refractivity contribution in [3.05, 3.63) is 0 Å². The molecular weight excluding hydrogens is 192 g/mol. The molecule has 4 nitrogen and oxygen atoms in total. The average Bonchev–Trinajstić information content (AvgIpc) is 2.20. The summed E-state index contributed by atoms with van der Waals surface area (Å²) in [6, 6.07) is -0.433. The van der Waals surface area contributed by atoms with Gasteiger partial charge in [0.1, 0.15) is 6.04 Å². The van der Waals surface area contributed by atoms with Crippen molar-refractivity contribution in [3.63, 3.8) is 0 Å². The minimum absolute atomic E-state index is 0.0831. The van der Waals surface area contributed by atoms with Crippen LogP contribution >= 0.6 is 0 Å². The number of aliphatic carboxylic acids is 1. The molecule has 88 valence electrons. The molecule has 0 aromatic carbocycles. The number of likely N-dealkylation sites (tertiary alicyclic amines) is 1. The average molecular weight is 214 g/mol. The van der Waals surface area contributed by atoms with E-state index >= 15 is 0 Å². The van der Waals surface area contributed by atoms with Crippen molar-refractivity contribution in [2.75, 3.05) is 6.54 Å². The highest BCUT2D eigenvalue weighted by Gasteiger charge is 2.33. The summed E-state index contributed by atoms with van der Waals surface area (Å²) >= 11 is 0. The minimum Gasteiger partial charge on any atom is -0.480 e. The maximum Gasteiger partial charge on any atom is 0.322 e. The first-order valence-corrected chi connectivity index (χ1v) is 5.69. The number of carboxylic acid groups (broad SMARTS) is 1. The van der Waals surface area contributed by atoms with E-state index in [1.54, 1.807) is 0 Å². The van der Waals surface area contributed by atoms with Gasteiger partial charge in [-0.2, -0.15) is 0 Å². The molecule has 15 heavy (non-hydrogen) atoms. The number of nitrogens with two attached hydrogens (primary N) is 1. The van der Waals surface area contributed by atoms with Crippen LogP contribution in [-0.4, -0.2) is 40.6 Å². The van der Waals surface area contributed by atoms with Gasteiger partial charge in [0.15, 0.2) is 0 Å². The second-order valence-electron chi connectivity index (χ2n) is 4.70. The van der Waals surface area contributed by atoms with Crippen LogP contribution in [0.2, 0.25) is 0 Å². The molecule has 4 heteroatoms. The van der Waals surface area contributed by atoms with Gasteiger partial charge in [-0.15, -0.1) is 0 Å². The van der Waals surface area contributed by atoms with Crippen molar-refractivity contribution in [2.24, 2.45) is 11.7 Å². The lowest BCUT2D eigenvalue weighted by molar-refractivity contribution is -0.140. The molecule has 1 saturated heterocycles. The lowest BCUT2D eigenvalue weighted by Gasteiger charge is -2.42. The zero-order chi connectivity index (χ0) is 11.6. The van der Waals surface area contributed by atoms with Crippen LogP contribution in [-0.2, 0) is 4.79 Å². The molecule has 4 atom stereocenters. The first kappa shape index (κ1) is 12.5. The molecule has 0 bridgehead atoms. The fourth-order valence-electron chi connectivity index (χ4n) is 2.35. The van der Waals surface area contributed by atoms with Gasteiger partial charge in [0.05, 0.1) is 0 Å². The molecule has 1 rings (SSSR count). The molecule has 0 saturated carbocycles. The Hall–Kier alpha value is -0.610. The maximum atomic E-state index is 10.8. The van der Waals surface area contributed by atoms with Crippen LogP contribution in [0.3, 0.4) is 0 Å². The molecular formula is C11H22N2O2. The predicted octanol–water partition coefficient (Wildman–Crippen LogP) is 0.907. The van der Waals surface area contributed by atoms with Gasteiger partial charge in [-0.05, 0) is 39.2 Å². The third-order valence-corrected chi connectivity index (χ3v) is 3.75. The van der Waals surface area contributed by atoms with Gasteiger partial charge in [0, 0.05) is 12.1 Å². The van der Waals surface area contributed by atoms with E-state index in [0.717, 1.165) is 13.0 Å². The highest BCUT2D eigenvalue weighted by molar-refractivity contribution is 5.74. The van der Waals surface area contributed by atoms with Gasteiger partial charge in [0.2, 0.25) is 0 Å². The van der Waals surface area contributed by atoms with Crippen molar-refractivity contribution in [3.8, 4) is 0 Å². The summed E-state index contributed by atoms with van der Waals surface area (Å²) in [5.41, 5.74) is 5.66. The van der Waals surface area contributed by atoms with E-state index in [2.05, 4.69) is 18.7 Å². The number of hydrogen-bond donors (Lipinski definition) is 2. The highest BCUT2D eigenvalue weighted by atomic mass is 16.4. The smallest absolute Gasteiger partial charge is 0.322 e. The second-order valence-corrected chi connectivity index (χ2v) is 4.70. The van der Waals surface area contributed by atoms with Crippen molar-refractivity contribution < 1.29 is 9.90 Å². The van der Waals surface area contributed by atoms with E-state index in [1.165, 1.54) is 6.42 Å². The summed E-state index contributed by atoms with van der Waals surface area (Å²) in [6.45, 7) is 7.26. The maximum absolute atomic E-state index is 10.8. The summed E-state index contributed by atoms with van der Waals surface area (Å²) in [5, 5.41) is 8.88. The normalized spacial score (nSPS) is 32.3. The molecule has 1 aliphatic rings. The number of rotatable bonds is 3. The SMILES string of the molecule is CC1CCCN(C(C)C(N)C(=O)O)C1C. The van der Waals surface area contributed by atoms with Crippen molar-refractivity contribution in [1.82, 2.24) is 4.90 Å². The van der Waals surface area contributed by atoms with Crippen molar-refractivity contribution in [1.29, 1.82) is 0 Å². The third-order valence-electron chi connectivity index (χ3n) is 3.75. The summed E-state index contributed by atoms with van der Waals surface area (Å²) < 4.78 is 0. The summed E-state index contributed by atoms with van der Waals surface area (Å²) in [4.78, 5) is 13.0. The van der Waals surface area contributed by atoms with Crippen molar-refractivity contribution >= 4 is 5.97 Å². The molecule has 1 fully saturated rings. The number of piperidine rings is 1. The first-order valence-electron chi connectivity index (χ1n) is 5.69. The van der Waals surface area contributed by atoms with Crippen LogP contribution in [0.5, 0.6) is 0 Å². The van der Waals surface area contributed by atoms with Crippen molar-refractivity contribution in [2.45, 2.75) is 51.7 Å². The van der Waals surface area contributed by atoms with E-state index in [4.69, 9.17) is 10.8 Å². The largest absolute Gasteiger partial charge is 0.480 e. The standard InChI is InChI=1S/C11H22N2O2/c1-7-5-4-6-13(8(7)2)9(3)10(12)11(14)15/h7-10H,4-6,12H2,1-3H3,(H,14,15). The van der Waals surface area contributed by atoms with Gasteiger partial charge >= 0.3 is 5.97 Å². The number of carboxylic acids is 1. The zero-order valence-electron chi connectivity index (χ0n) is 9.81. The van der Waals surface area contributed by atoms with Crippen LogP contribution < -0.4 is 5.73 Å². The van der Waals surface area contributed by atoms with Crippen LogP contribution in [0.25, 0.3) is 0 Å². The Labute approximate surface area is 91.4 Å².